The summed E-state index contributed by atoms with van der Waals surface area (Å²) in [7, 11) is -9.90. The zero-order chi connectivity index (χ0) is 69.4. The van der Waals surface area contributed by atoms with Crippen LogP contribution < -0.4 is 0 Å². The molecule has 0 aliphatic rings. The lowest BCUT2D eigenvalue weighted by atomic mass is 9.99. The van der Waals surface area contributed by atoms with E-state index >= 15 is 0 Å². The van der Waals surface area contributed by atoms with E-state index in [1.54, 1.807) is 0 Å². The van der Waals surface area contributed by atoms with Gasteiger partial charge in [-0.2, -0.15) is 0 Å². The molecule has 0 amide bonds. The summed E-state index contributed by atoms with van der Waals surface area (Å²) in [5.74, 6) is 0.225. The highest BCUT2D eigenvalue weighted by Crippen LogP contribution is 2.45. The van der Waals surface area contributed by atoms with Crippen molar-refractivity contribution >= 4 is 39.5 Å². The van der Waals surface area contributed by atoms with Gasteiger partial charge in [0, 0.05) is 25.7 Å². The molecule has 0 aliphatic heterocycles. The number of carbonyl (C=O) groups is 4. The standard InChI is InChI=1S/C75H146O17P2/c1-8-10-11-12-13-35-42-49-56-72(77)85-62-71(92-75(80)59-52-45-38-31-33-40-47-54-67(5)6)65-90-94(83,84)88-61-69(76)60-87-93(81,82)89-64-70(91-74(79)58-51-44-37-30-26-22-16-14-15-19-23-27-32-39-46-53-66(3)4)63-86-73(78)57-50-43-36-29-25-21-18-17-20-24-28-34-41-48-55-68(7)9-2/h66-71,76H,8-65H2,1-7H3,(H,81,82)(H,83,84)/t68?,69-,70-,71-/m1/s1. The second-order valence-electron chi connectivity index (χ2n) is 28.2. The first-order valence-electron chi connectivity index (χ1n) is 38.9. The maximum atomic E-state index is 13.1. The molecule has 0 aromatic heterocycles. The number of aliphatic hydroxyl groups is 1. The van der Waals surface area contributed by atoms with Gasteiger partial charge in [-0.25, -0.2) is 9.13 Å². The van der Waals surface area contributed by atoms with Gasteiger partial charge >= 0.3 is 39.5 Å². The van der Waals surface area contributed by atoms with Crippen molar-refractivity contribution in [3.63, 3.8) is 0 Å². The van der Waals surface area contributed by atoms with Crippen LogP contribution in [0.15, 0.2) is 0 Å². The van der Waals surface area contributed by atoms with Crippen LogP contribution in [0.4, 0.5) is 0 Å². The molecule has 3 N–H and O–H groups in total. The van der Waals surface area contributed by atoms with Gasteiger partial charge in [-0.15, -0.1) is 0 Å². The van der Waals surface area contributed by atoms with Crippen molar-refractivity contribution in [1.82, 2.24) is 0 Å². The van der Waals surface area contributed by atoms with E-state index in [0.717, 1.165) is 108 Å². The molecular weight excluding hydrogens is 1230 g/mol. The normalized spacial score (nSPS) is 14.4. The monoisotopic (exact) mass is 1380 g/mol. The highest BCUT2D eigenvalue weighted by atomic mass is 31.2. The predicted octanol–water partition coefficient (Wildman–Crippen LogP) is 21.8. The molecule has 0 saturated heterocycles. The van der Waals surface area contributed by atoms with Crippen LogP contribution in [0.5, 0.6) is 0 Å². The van der Waals surface area contributed by atoms with Gasteiger partial charge in [0.1, 0.15) is 19.3 Å². The van der Waals surface area contributed by atoms with E-state index in [1.807, 2.05) is 0 Å². The van der Waals surface area contributed by atoms with Crippen molar-refractivity contribution in [3.8, 4) is 0 Å². The lowest BCUT2D eigenvalue weighted by Gasteiger charge is -2.21. The third-order valence-corrected chi connectivity index (χ3v) is 19.6. The van der Waals surface area contributed by atoms with E-state index in [-0.39, 0.29) is 25.7 Å². The van der Waals surface area contributed by atoms with Crippen LogP contribution in [0.2, 0.25) is 0 Å². The topological polar surface area (TPSA) is 237 Å². The summed E-state index contributed by atoms with van der Waals surface area (Å²) in [4.78, 5) is 72.6. The number of ether oxygens (including phenoxy) is 4. The van der Waals surface area contributed by atoms with E-state index in [2.05, 4.69) is 48.5 Å². The fraction of sp³-hybridized carbons (Fsp3) is 0.947. The Bertz CT molecular complexity index is 1840. The van der Waals surface area contributed by atoms with E-state index in [4.69, 9.17) is 37.0 Å². The summed E-state index contributed by atoms with van der Waals surface area (Å²) in [5, 5.41) is 10.6. The summed E-state index contributed by atoms with van der Waals surface area (Å²) in [6, 6.07) is 0. The molecule has 0 aromatic rings. The summed E-state index contributed by atoms with van der Waals surface area (Å²) < 4.78 is 68.4. The molecule has 0 aliphatic carbocycles. The largest absolute Gasteiger partial charge is 0.472 e. The Morgan fingerprint density at radius 3 is 0.809 bits per heavy atom. The first kappa shape index (κ1) is 92.1. The van der Waals surface area contributed by atoms with Crippen LogP contribution in [0.3, 0.4) is 0 Å². The average Bonchev–Trinajstić information content (AvgIpc) is 2.23. The Morgan fingerprint density at radius 2 is 0.543 bits per heavy atom. The number of phosphoric ester groups is 2. The molecule has 0 radical (unpaired) electrons. The van der Waals surface area contributed by atoms with Crippen molar-refractivity contribution in [2.24, 2.45) is 17.8 Å². The molecule has 17 nitrogen and oxygen atoms in total. The van der Waals surface area contributed by atoms with Gasteiger partial charge in [0.05, 0.1) is 26.4 Å². The number of hydrogen-bond donors (Lipinski definition) is 3. The van der Waals surface area contributed by atoms with Crippen LogP contribution >= 0.6 is 15.6 Å². The van der Waals surface area contributed by atoms with E-state index in [9.17, 15) is 43.2 Å². The third kappa shape index (κ3) is 67.3. The van der Waals surface area contributed by atoms with Gasteiger partial charge in [0.15, 0.2) is 12.2 Å². The Labute approximate surface area is 575 Å². The van der Waals surface area contributed by atoms with Crippen LogP contribution in [0.25, 0.3) is 0 Å². The molecule has 0 fully saturated rings. The SMILES string of the molecule is CCCCCCCCCCC(=O)OC[C@H](COP(=O)(O)OC[C@H](O)COP(=O)(O)OC[C@@H](COC(=O)CCCCCCCCCCCCCCCCC(C)CC)OC(=O)CCCCCCCCCCCCCCCCCC(C)C)OC(=O)CCCCCCCCCC(C)C. The first-order valence-corrected chi connectivity index (χ1v) is 41.9. The minimum Gasteiger partial charge on any atom is -0.462 e. The lowest BCUT2D eigenvalue weighted by Crippen LogP contribution is -2.30. The van der Waals surface area contributed by atoms with Gasteiger partial charge in [-0.05, 0) is 43.4 Å². The van der Waals surface area contributed by atoms with Crippen molar-refractivity contribution in [2.75, 3.05) is 39.6 Å². The summed E-state index contributed by atoms with van der Waals surface area (Å²) in [6.07, 6.45) is 51.5. The van der Waals surface area contributed by atoms with E-state index in [0.29, 0.717) is 31.6 Å². The minimum atomic E-state index is -4.96. The Hall–Kier alpha value is -1.94. The van der Waals surface area contributed by atoms with Gasteiger partial charge in [0.25, 0.3) is 0 Å². The van der Waals surface area contributed by atoms with Crippen molar-refractivity contribution in [2.45, 2.75) is 401 Å². The van der Waals surface area contributed by atoms with Gasteiger partial charge in [0.2, 0.25) is 0 Å². The lowest BCUT2D eigenvalue weighted by molar-refractivity contribution is -0.161. The minimum absolute atomic E-state index is 0.103. The predicted molar refractivity (Wildman–Crippen MR) is 381 cm³/mol. The molecule has 558 valence electrons. The molecule has 19 heteroatoms. The van der Waals surface area contributed by atoms with Gasteiger partial charge in [-0.3, -0.25) is 37.3 Å². The molecule has 6 atom stereocenters. The van der Waals surface area contributed by atoms with Crippen molar-refractivity contribution in [1.29, 1.82) is 0 Å². The molecule has 0 heterocycles. The van der Waals surface area contributed by atoms with Crippen molar-refractivity contribution < 1.29 is 80.2 Å². The Kier molecular flexibility index (Phi) is 64.3. The number of rotatable bonds is 73. The highest BCUT2D eigenvalue weighted by molar-refractivity contribution is 7.47. The smallest absolute Gasteiger partial charge is 0.462 e. The molecular formula is C75H146O17P2. The summed E-state index contributed by atoms with van der Waals surface area (Å²) >= 11 is 0. The summed E-state index contributed by atoms with van der Waals surface area (Å²) in [6.45, 7) is 11.9. The number of phosphoric acid groups is 2. The quantitative estimate of drug-likeness (QED) is 0.0222. The zero-order valence-electron chi connectivity index (χ0n) is 61.4. The van der Waals surface area contributed by atoms with Gasteiger partial charge in [-0.1, -0.05) is 331 Å². The zero-order valence-corrected chi connectivity index (χ0v) is 63.2. The van der Waals surface area contributed by atoms with Crippen LogP contribution in [0, 0.1) is 17.8 Å². The van der Waals surface area contributed by atoms with Crippen LogP contribution in [-0.4, -0.2) is 96.7 Å². The molecule has 0 bridgehead atoms. The van der Waals surface area contributed by atoms with E-state index < -0.39 is 97.5 Å². The molecule has 0 spiro atoms. The Morgan fingerprint density at radius 1 is 0.309 bits per heavy atom. The first-order chi connectivity index (χ1) is 45.3. The number of carbonyl (C=O) groups excluding carboxylic acids is 4. The molecule has 3 unspecified atom stereocenters. The summed E-state index contributed by atoms with van der Waals surface area (Å²) in [5.41, 5.74) is 0. The maximum Gasteiger partial charge on any atom is 0.472 e. The second-order valence-corrected chi connectivity index (χ2v) is 31.1. The molecule has 0 saturated carbocycles. The molecule has 0 aromatic carbocycles. The molecule has 94 heavy (non-hydrogen) atoms. The fourth-order valence-electron chi connectivity index (χ4n) is 11.4. The third-order valence-electron chi connectivity index (χ3n) is 17.7. The average molecular weight is 1380 g/mol. The number of hydrogen-bond acceptors (Lipinski definition) is 15. The highest BCUT2D eigenvalue weighted by Gasteiger charge is 2.30. The Balaban J connectivity index is 5.20. The van der Waals surface area contributed by atoms with Crippen molar-refractivity contribution in [3.05, 3.63) is 0 Å². The second kappa shape index (κ2) is 65.7. The fourth-order valence-corrected chi connectivity index (χ4v) is 13.0. The maximum absolute atomic E-state index is 13.1. The molecule has 0 rings (SSSR count). The van der Waals surface area contributed by atoms with Crippen LogP contribution in [0.1, 0.15) is 382 Å². The van der Waals surface area contributed by atoms with Crippen LogP contribution in [-0.2, 0) is 65.4 Å². The van der Waals surface area contributed by atoms with E-state index in [1.165, 1.54) is 186 Å². The number of aliphatic hydroxyl groups excluding tert-OH is 1. The number of unbranched alkanes of at least 4 members (excludes halogenated alkanes) is 40. The number of esters is 4. The van der Waals surface area contributed by atoms with Gasteiger partial charge < -0.3 is 33.8 Å².